The maximum Gasteiger partial charge on any atom is 0.278 e. The van der Waals surface area contributed by atoms with E-state index in [1.807, 2.05) is 0 Å². The number of methoxy groups -OCH3 is 2. The first-order chi connectivity index (χ1) is 11.8. The molecule has 0 amide bonds. The minimum absolute atomic E-state index is 0.0683. The summed E-state index contributed by atoms with van der Waals surface area (Å²) in [5, 5.41) is 11.4. The van der Waals surface area contributed by atoms with E-state index >= 15 is 0 Å². The second kappa shape index (κ2) is 8.53. The quantitative estimate of drug-likeness (QED) is 0.408. The first-order valence-corrected chi connectivity index (χ1v) is 8.27. The number of ether oxygens (including phenoxy) is 4. The Labute approximate surface area is 149 Å². The highest BCUT2D eigenvalue weighted by Gasteiger charge is 2.34. The molecule has 1 heterocycles. The second-order valence-corrected chi connectivity index (χ2v) is 6.52. The van der Waals surface area contributed by atoms with Crippen molar-refractivity contribution in [1.82, 2.24) is 0 Å². The Balaban J connectivity index is 2.17. The zero-order chi connectivity index (χ0) is 18.6. The summed E-state index contributed by atoms with van der Waals surface area (Å²) in [4.78, 5) is 10.9. The van der Waals surface area contributed by atoms with Crippen LogP contribution in [-0.2, 0) is 16.1 Å². The first kappa shape index (κ1) is 19.5. The van der Waals surface area contributed by atoms with Crippen molar-refractivity contribution in [3.63, 3.8) is 0 Å². The average Bonchev–Trinajstić information content (AvgIpc) is 2.90. The van der Waals surface area contributed by atoms with Crippen LogP contribution in [-0.4, -0.2) is 45.2 Å². The summed E-state index contributed by atoms with van der Waals surface area (Å²) in [7, 11) is 8.79. The summed E-state index contributed by atoms with van der Waals surface area (Å²) >= 11 is 0. The largest absolute Gasteiger partial charge is 0.493 e. The Morgan fingerprint density at radius 2 is 1.96 bits per heavy atom. The van der Waals surface area contributed by atoms with Gasteiger partial charge in [0, 0.05) is 6.00 Å². The fraction of sp³-hybridized carbons (Fsp3) is 0.647. The van der Waals surface area contributed by atoms with Gasteiger partial charge < -0.3 is 18.9 Å². The molecule has 3 atom stereocenters. The third-order valence-corrected chi connectivity index (χ3v) is 4.17. The molecule has 8 heteroatoms. The molecule has 2 radical (unpaired) electrons. The van der Waals surface area contributed by atoms with Gasteiger partial charge in [-0.25, -0.2) is 0 Å². The highest BCUT2D eigenvalue weighted by molar-refractivity contribution is 6.11. The number of nitrogens with zero attached hydrogens (tertiary/aromatic N) is 1. The lowest BCUT2D eigenvalue weighted by atomic mass is 9.94. The molecule has 1 saturated heterocycles. The molecule has 0 bridgehead atoms. The van der Waals surface area contributed by atoms with Crippen molar-refractivity contribution < 1.29 is 23.9 Å². The van der Waals surface area contributed by atoms with E-state index in [9.17, 15) is 10.1 Å². The lowest BCUT2D eigenvalue weighted by Gasteiger charge is -2.21. The second-order valence-electron chi connectivity index (χ2n) is 6.52. The van der Waals surface area contributed by atoms with Crippen molar-refractivity contribution in [3.8, 4) is 11.5 Å². The van der Waals surface area contributed by atoms with E-state index in [1.165, 1.54) is 20.3 Å². The van der Waals surface area contributed by atoms with E-state index < -0.39 is 4.92 Å². The summed E-state index contributed by atoms with van der Waals surface area (Å²) in [6, 6.07) is 2.55. The molecule has 1 aliphatic rings. The molecule has 0 N–H and O–H groups in total. The molecule has 0 spiro atoms. The smallest absolute Gasteiger partial charge is 0.278 e. The predicted octanol–water partition coefficient (Wildman–Crippen LogP) is 2.83. The van der Waals surface area contributed by atoms with E-state index in [0.29, 0.717) is 29.4 Å². The molecule has 1 fully saturated rings. The zero-order valence-corrected chi connectivity index (χ0v) is 15.1. The fourth-order valence-electron chi connectivity index (χ4n) is 2.99. The summed E-state index contributed by atoms with van der Waals surface area (Å²) in [5.41, 5.74) is 0.354. The van der Waals surface area contributed by atoms with E-state index in [4.69, 9.17) is 26.8 Å². The van der Waals surface area contributed by atoms with Gasteiger partial charge in [-0.1, -0.05) is 13.8 Å². The van der Waals surface area contributed by atoms with Gasteiger partial charge >= 0.3 is 0 Å². The van der Waals surface area contributed by atoms with Gasteiger partial charge in [0.25, 0.3) is 5.69 Å². The zero-order valence-electron chi connectivity index (χ0n) is 15.1. The van der Waals surface area contributed by atoms with Crippen LogP contribution >= 0.6 is 0 Å². The molecule has 1 aromatic carbocycles. The summed E-state index contributed by atoms with van der Waals surface area (Å²) < 4.78 is 22.0. The van der Waals surface area contributed by atoms with Crippen LogP contribution in [0.2, 0.25) is 0 Å². The lowest BCUT2D eigenvalue weighted by Crippen LogP contribution is -2.26. The van der Waals surface area contributed by atoms with Crippen LogP contribution in [0.5, 0.6) is 11.5 Å². The normalized spacial score (nSPS) is 23.0. The molecule has 7 nitrogen and oxygen atoms in total. The summed E-state index contributed by atoms with van der Waals surface area (Å²) in [5.74, 6) is 1.17. The van der Waals surface area contributed by atoms with Gasteiger partial charge in [-0.15, -0.1) is 0 Å². The Morgan fingerprint density at radius 3 is 2.52 bits per heavy atom. The van der Waals surface area contributed by atoms with Crippen molar-refractivity contribution in [2.24, 2.45) is 5.92 Å². The van der Waals surface area contributed by atoms with E-state index in [0.717, 1.165) is 6.42 Å². The van der Waals surface area contributed by atoms with Crippen LogP contribution in [0.25, 0.3) is 0 Å². The van der Waals surface area contributed by atoms with E-state index in [2.05, 4.69) is 13.8 Å². The standard InChI is InChI=1S/C17H24BNO6/c1-10(2)5-16-15(8-17(18)25-16)24-9-11-6-13(22-3)14(23-4)7-12(11)19(20)21/h6-7,10,15-17H,5,8-9H2,1-4H3. The number of hydrogen-bond donors (Lipinski definition) is 0. The van der Waals surface area contributed by atoms with Gasteiger partial charge in [0.1, 0.15) is 7.85 Å². The van der Waals surface area contributed by atoms with Crippen molar-refractivity contribution in [1.29, 1.82) is 0 Å². The SMILES string of the molecule is [B]C1CC(OCc2cc(OC)c(OC)cc2[N+](=O)[O-])C(CC(C)C)O1. The Kier molecular flexibility index (Phi) is 6.67. The van der Waals surface area contributed by atoms with Crippen molar-refractivity contribution in [3.05, 3.63) is 27.8 Å². The lowest BCUT2D eigenvalue weighted by molar-refractivity contribution is -0.386. The predicted molar refractivity (Wildman–Crippen MR) is 93.3 cm³/mol. The molecule has 0 aromatic heterocycles. The van der Waals surface area contributed by atoms with Gasteiger partial charge in [-0.2, -0.15) is 0 Å². The van der Waals surface area contributed by atoms with Crippen LogP contribution in [0, 0.1) is 16.0 Å². The van der Waals surface area contributed by atoms with Crippen molar-refractivity contribution in [2.45, 2.75) is 51.5 Å². The van der Waals surface area contributed by atoms with Crippen LogP contribution in [0.15, 0.2) is 12.1 Å². The molecular formula is C17H24BNO6. The van der Waals surface area contributed by atoms with Crippen molar-refractivity contribution >= 4 is 13.5 Å². The van der Waals surface area contributed by atoms with Crippen molar-refractivity contribution in [2.75, 3.05) is 14.2 Å². The maximum absolute atomic E-state index is 11.4. The monoisotopic (exact) mass is 349 g/mol. The molecule has 0 aliphatic carbocycles. The summed E-state index contributed by atoms with van der Waals surface area (Å²) in [6.45, 7) is 4.28. The molecular weight excluding hydrogens is 325 g/mol. The molecule has 1 aromatic rings. The van der Waals surface area contributed by atoms with E-state index in [-0.39, 0.29) is 30.5 Å². The van der Waals surface area contributed by atoms with Gasteiger partial charge in [-0.05, 0) is 24.8 Å². The third-order valence-electron chi connectivity index (χ3n) is 4.17. The first-order valence-electron chi connectivity index (χ1n) is 8.27. The van der Waals surface area contributed by atoms with Gasteiger partial charge in [0.05, 0.1) is 49.6 Å². The molecule has 136 valence electrons. The van der Waals surface area contributed by atoms with Gasteiger partial charge in [0.2, 0.25) is 0 Å². The topological polar surface area (TPSA) is 80.1 Å². The van der Waals surface area contributed by atoms with Crippen LogP contribution in [0.3, 0.4) is 0 Å². The fourth-order valence-corrected chi connectivity index (χ4v) is 2.99. The molecule has 2 rings (SSSR count). The van der Waals surface area contributed by atoms with Gasteiger partial charge in [0.15, 0.2) is 11.5 Å². The number of rotatable bonds is 8. The Morgan fingerprint density at radius 1 is 1.32 bits per heavy atom. The summed E-state index contributed by atoms with van der Waals surface area (Å²) in [6.07, 6.45) is 1.10. The molecule has 3 unspecified atom stereocenters. The number of nitro benzene ring substituents is 1. The minimum Gasteiger partial charge on any atom is -0.493 e. The minimum atomic E-state index is -0.455. The number of nitro groups is 1. The highest BCUT2D eigenvalue weighted by Crippen LogP contribution is 2.36. The number of benzene rings is 1. The van der Waals surface area contributed by atoms with Crippen LogP contribution in [0.1, 0.15) is 32.3 Å². The number of hydrogen-bond acceptors (Lipinski definition) is 6. The molecule has 25 heavy (non-hydrogen) atoms. The van der Waals surface area contributed by atoms with Crippen LogP contribution in [0.4, 0.5) is 5.69 Å². The Hall–Kier alpha value is -1.80. The van der Waals surface area contributed by atoms with Crippen LogP contribution < -0.4 is 9.47 Å². The Bertz CT molecular complexity index is 609. The average molecular weight is 349 g/mol. The maximum atomic E-state index is 11.4. The third kappa shape index (κ3) is 4.86. The highest BCUT2D eigenvalue weighted by atomic mass is 16.6. The molecule has 1 aliphatic heterocycles. The molecule has 0 saturated carbocycles. The van der Waals surface area contributed by atoms with Gasteiger partial charge in [-0.3, -0.25) is 10.1 Å². The van der Waals surface area contributed by atoms with E-state index in [1.54, 1.807) is 6.07 Å².